The molecular weight excluding hydrogens is 343 g/mol. The van der Waals surface area contributed by atoms with Gasteiger partial charge in [0.25, 0.3) is 0 Å². The summed E-state index contributed by atoms with van der Waals surface area (Å²) in [6.07, 6.45) is -13.8. The Morgan fingerprint density at radius 2 is 1.36 bits per heavy atom. The van der Waals surface area contributed by atoms with E-state index < -0.39 is 66.2 Å². The number of halogens is 11. The molecule has 0 radical (unpaired) electrons. The predicted molar refractivity (Wildman–Crippen MR) is 49.1 cm³/mol. The number of piperidine rings is 2. The van der Waals surface area contributed by atoms with E-state index in [2.05, 4.69) is 0 Å². The third kappa shape index (κ3) is 1.81. The highest BCUT2D eigenvalue weighted by Crippen LogP contribution is 2.63. The molecule has 2 fully saturated rings. The van der Waals surface area contributed by atoms with Crippen molar-refractivity contribution in [2.45, 2.75) is 61.3 Å². The fourth-order valence-corrected chi connectivity index (χ4v) is 2.80. The van der Waals surface area contributed by atoms with Crippen molar-refractivity contribution >= 4 is 0 Å². The summed E-state index contributed by atoms with van der Waals surface area (Å²) in [7, 11) is 0. The van der Waals surface area contributed by atoms with E-state index in [1.165, 1.54) is 0 Å². The minimum Gasteiger partial charge on any atom is -0.223 e. The molecule has 22 heavy (non-hydrogen) atoms. The molecule has 0 aliphatic carbocycles. The lowest BCUT2D eigenvalue weighted by atomic mass is 9.79. The third-order valence-electron chi connectivity index (χ3n) is 3.95. The minimum absolute atomic E-state index is 0.943. The molecule has 2 saturated heterocycles. The van der Waals surface area contributed by atoms with Crippen LogP contribution in [0, 0.1) is 0 Å². The summed E-state index contributed by atoms with van der Waals surface area (Å²) < 4.78 is 146. The SMILES string of the molecule is FC1N2C(C(F)(F)F)CCCC2(F)C(F)(F)C(F)(F)C1(F)F. The summed E-state index contributed by atoms with van der Waals surface area (Å²) in [4.78, 5) is -1.48. The Kier molecular flexibility index (Phi) is 3.49. The van der Waals surface area contributed by atoms with E-state index in [0.29, 0.717) is 0 Å². The van der Waals surface area contributed by atoms with Gasteiger partial charge >= 0.3 is 23.9 Å². The van der Waals surface area contributed by atoms with Crippen molar-refractivity contribution in [2.24, 2.45) is 0 Å². The topological polar surface area (TPSA) is 3.24 Å². The first kappa shape index (κ1) is 17.5. The molecule has 2 aliphatic heterocycles. The van der Waals surface area contributed by atoms with E-state index in [9.17, 15) is 48.3 Å². The maximum Gasteiger partial charge on any atom is 0.404 e. The molecule has 1 nitrogen and oxygen atoms in total. The van der Waals surface area contributed by atoms with Crippen LogP contribution in [0.2, 0.25) is 0 Å². The minimum atomic E-state index is -6.47. The fraction of sp³-hybridized carbons (Fsp3) is 1.00. The zero-order chi connectivity index (χ0) is 17.4. The predicted octanol–water partition coefficient (Wildman–Crippen LogP) is 4.28. The second kappa shape index (κ2) is 4.38. The van der Waals surface area contributed by atoms with Crippen LogP contribution in [0.3, 0.4) is 0 Å². The standard InChI is InChI=1S/C10H8F11N/c11-5-7(13,14)10(20,21)9(18,19)6(12)3-1-2-4(22(5)6)8(15,16)17/h4-5H,1-3H2. The molecule has 2 aliphatic rings. The van der Waals surface area contributed by atoms with Crippen LogP contribution in [-0.4, -0.2) is 47.0 Å². The van der Waals surface area contributed by atoms with E-state index >= 15 is 0 Å². The van der Waals surface area contributed by atoms with Gasteiger partial charge in [0, 0.05) is 6.42 Å². The van der Waals surface area contributed by atoms with Crippen LogP contribution in [-0.2, 0) is 0 Å². The fourth-order valence-electron chi connectivity index (χ4n) is 2.80. The Morgan fingerprint density at radius 1 is 0.864 bits per heavy atom. The van der Waals surface area contributed by atoms with Crippen molar-refractivity contribution < 1.29 is 48.3 Å². The Bertz CT molecular complexity index is 458. The summed E-state index contributed by atoms with van der Waals surface area (Å²) in [6.45, 7) is 0. The van der Waals surface area contributed by atoms with Gasteiger partial charge in [-0.2, -0.15) is 39.5 Å². The van der Waals surface area contributed by atoms with Crippen LogP contribution >= 0.6 is 0 Å². The lowest BCUT2D eigenvalue weighted by Crippen LogP contribution is -2.82. The molecule has 3 unspecified atom stereocenters. The number of fused-ring (bicyclic) bond motifs is 1. The highest BCUT2D eigenvalue weighted by molar-refractivity contribution is 5.17. The molecule has 0 aromatic carbocycles. The average molecular weight is 351 g/mol. The van der Waals surface area contributed by atoms with Gasteiger partial charge in [-0.05, 0) is 12.8 Å². The monoisotopic (exact) mass is 351 g/mol. The zero-order valence-corrected chi connectivity index (χ0v) is 10.4. The maximum atomic E-state index is 14.3. The zero-order valence-electron chi connectivity index (χ0n) is 10.4. The van der Waals surface area contributed by atoms with Crippen LogP contribution in [0.15, 0.2) is 0 Å². The largest absolute Gasteiger partial charge is 0.404 e. The van der Waals surface area contributed by atoms with Gasteiger partial charge in [0.2, 0.25) is 12.1 Å². The highest BCUT2D eigenvalue weighted by atomic mass is 19.4. The van der Waals surface area contributed by atoms with Gasteiger partial charge in [-0.15, -0.1) is 0 Å². The Hall–Kier alpha value is -0.810. The van der Waals surface area contributed by atoms with Crippen molar-refractivity contribution in [2.75, 3.05) is 0 Å². The van der Waals surface area contributed by atoms with Crippen molar-refractivity contribution in [1.82, 2.24) is 4.90 Å². The van der Waals surface area contributed by atoms with Crippen LogP contribution in [0.25, 0.3) is 0 Å². The highest BCUT2D eigenvalue weighted by Gasteiger charge is 2.89. The molecule has 0 saturated carbocycles. The lowest BCUT2D eigenvalue weighted by Gasteiger charge is -2.57. The summed E-state index contributed by atoms with van der Waals surface area (Å²) in [5.74, 6) is -23.7. The molecule has 0 amide bonds. The van der Waals surface area contributed by atoms with E-state index in [4.69, 9.17) is 0 Å². The van der Waals surface area contributed by atoms with Gasteiger partial charge in [0.15, 0.2) is 0 Å². The first-order valence-corrected chi connectivity index (χ1v) is 5.94. The molecule has 130 valence electrons. The molecule has 12 heteroatoms. The van der Waals surface area contributed by atoms with Crippen molar-refractivity contribution in [3.05, 3.63) is 0 Å². The van der Waals surface area contributed by atoms with E-state index in [1.807, 2.05) is 0 Å². The molecule has 2 rings (SSSR count). The molecular formula is C10H8F11N. The summed E-state index contributed by atoms with van der Waals surface area (Å²) in [6, 6.07) is -3.35. The molecule has 0 N–H and O–H groups in total. The van der Waals surface area contributed by atoms with Crippen molar-refractivity contribution in [3.63, 3.8) is 0 Å². The molecule has 0 bridgehead atoms. The Balaban J connectivity index is 2.65. The third-order valence-corrected chi connectivity index (χ3v) is 3.95. The van der Waals surface area contributed by atoms with Gasteiger partial charge in [0.1, 0.15) is 6.04 Å². The number of hydrogen-bond donors (Lipinski definition) is 0. The van der Waals surface area contributed by atoms with Crippen LogP contribution < -0.4 is 0 Å². The number of hydrogen-bond acceptors (Lipinski definition) is 1. The second-order valence-electron chi connectivity index (χ2n) is 5.22. The first-order chi connectivity index (χ1) is 9.62. The number of nitrogens with zero attached hydrogens (tertiary/aromatic N) is 1. The molecule has 3 atom stereocenters. The lowest BCUT2D eigenvalue weighted by molar-refractivity contribution is -0.450. The van der Waals surface area contributed by atoms with Crippen LogP contribution in [0.5, 0.6) is 0 Å². The van der Waals surface area contributed by atoms with Gasteiger partial charge in [0.05, 0.1) is 0 Å². The second-order valence-corrected chi connectivity index (χ2v) is 5.22. The summed E-state index contributed by atoms with van der Waals surface area (Å²) >= 11 is 0. The van der Waals surface area contributed by atoms with Gasteiger partial charge in [-0.25, -0.2) is 13.7 Å². The van der Waals surface area contributed by atoms with Crippen LogP contribution in [0.1, 0.15) is 19.3 Å². The van der Waals surface area contributed by atoms with E-state index in [1.54, 1.807) is 0 Å². The van der Waals surface area contributed by atoms with Gasteiger partial charge in [-0.1, -0.05) is 0 Å². The van der Waals surface area contributed by atoms with E-state index in [-0.39, 0.29) is 0 Å². The van der Waals surface area contributed by atoms with Crippen molar-refractivity contribution in [1.29, 1.82) is 0 Å². The van der Waals surface area contributed by atoms with Gasteiger partial charge < -0.3 is 0 Å². The Morgan fingerprint density at radius 3 is 1.82 bits per heavy atom. The van der Waals surface area contributed by atoms with E-state index in [0.717, 1.165) is 0 Å². The summed E-state index contributed by atoms with van der Waals surface area (Å²) in [5.41, 5.74) is 0. The maximum absolute atomic E-state index is 14.3. The Labute approximate surface area is 116 Å². The van der Waals surface area contributed by atoms with Crippen LogP contribution in [0.4, 0.5) is 48.3 Å². The molecule has 0 aromatic heterocycles. The average Bonchev–Trinajstić information content (AvgIpc) is 2.34. The molecule has 0 aromatic rings. The van der Waals surface area contributed by atoms with Gasteiger partial charge in [-0.3, -0.25) is 0 Å². The quantitative estimate of drug-likeness (QED) is 0.465. The molecule has 0 spiro atoms. The molecule has 2 heterocycles. The first-order valence-electron chi connectivity index (χ1n) is 5.94. The number of alkyl halides is 11. The number of rotatable bonds is 0. The normalized spacial score (nSPS) is 41.0. The van der Waals surface area contributed by atoms with Crippen molar-refractivity contribution in [3.8, 4) is 0 Å². The smallest absolute Gasteiger partial charge is 0.223 e. The summed E-state index contributed by atoms with van der Waals surface area (Å²) in [5, 5.41) is 0.